The van der Waals surface area contributed by atoms with Crippen LogP contribution >= 0.6 is 11.6 Å². The fourth-order valence-electron chi connectivity index (χ4n) is 2.11. The highest BCUT2D eigenvalue weighted by Gasteiger charge is 2.42. The number of nitrogens with zero attached hydrogens (tertiary/aromatic N) is 1. The summed E-state index contributed by atoms with van der Waals surface area (Å²) in [6.45, 7) is 0. The molecule has 19 heavy (non-hydrogen) atoms. The summed E-state index contributed by atoms with van der Waals surface area (Å²) in [6, 6.07) is 4.09. The molecule has 102 valence electrons. The van der Waals surface area contributed by atoms with Crippen molar-refractivity contribution in [2.45, 2.75) is 31.3 Å². The Morgan fingerprint density at radius 1 is 1.53 bits per heavy atom. The van der Waals surface area contributed by atoms with Crippen molar-refractivity contribution in [2.75, 3.05) is 0 Å². The minimum absolute atomic E-state index is 0.0651. The molecule has 0 saturated heterocycles. The van der Waals surface area contributed by atoms with Crippen LogP contribution in [-0.2, 0) is 4.79 Å². The van der Waals surface area contributed by atoms with E-state index in [1.807, 2.05) is 0 Å². The molecule has 1 aliphatic rings. The quantitative estimate of drug-likeness (QED) is 0.663. The molecule has 0 bridgehead atoms. The number of carbonyl (C=O) groups is 1. The first-order valence-corrected chi connectivity index (χ1v) is 6.14. The summed E-state index contributed by atoms with van der Waals surface area (Å²) in [6.07, 6.45) is 1.86. The van der Waals surface area contributed by atoms with Crippen molar-refractivity contribution in [3.63, 3.8) is 0 Å². The zero-order valence-corrected chi connectivity index (χ0v) is 10.7. The molecule has 1 aromatic carbocycles. The van der Waals surface area contributed by atoms with Gasteiger partial charge in [0.2, 0.25) is 0 Å². The first-order chi connectivity index (χ1) is 8.92. The van der Waals surface area contributed by atoms with Gasteiger partial charge in [-0.2, -0.15) is 0 Å². The number of nitro groups is 1. The minimum atomic E-state index is -0.976. The number of benzene rings is 1. The summed E-state index contributed by atoms with van der Waals surface area (Å²) in [7, 11) is 0. The van der Waals surface area contributed by atoms with E-state index in [4.69, 9.17) is 21.4 Å². The number of carboxylic acid groups (broad SMARTS) is 1. The van der Waals surface area contributed by atoms with Gasteiger partial charge in [0.1, 0.15) is 5.60 Å². The third kappa shape index (κ3) is 2.96. The van der Waals surface area contributed by atoms with Crippen LogP contribution in [0.3, 0.4) is 0 Å². The zero-order valence-electron chi connectivity index (χ0n) is 9.97. The SMILES string of the molecule is O=C(O)CC1(Oc2ccc(Cl)cc2[N+](=O)[O-])CCC1. The smallest absolute Gasteiger partial charge is 0.312 e. The van der Waals surface area contributed by atoms with Crippen molar-refractivity contribution in [3.05, 3.63) is 33.3 Å². The van der Waals surface area contributed by atoms with E-state index in [1.54, 1.807) is 0 Å². The molecule has 0 amide bonds. The zero-order chi connectivity index (χ0) is 14.0. The summed E-state index contributed by atoms with van der Waals surface area (Å²) in [5.74, 6) is -0.910. The van der Waals surface area contributed by atoms with Gasteiger partial charge in [-0.15, -0.1) is 0 Å². The van der Waals surface area contributed by atoms with Gasteiger partial charge in [0.25, 0.3) is 0 Å². The Morgan fingerprint density at radius 3 is 2.68 bits per heavy atom. The molecule has 6 nitrogen and oxygen atoms in total. The van der Waals surface area contributed by atoms with Crippen LogP contribution in [0.2, 0.25) is 5.02 Å². The topological polar surface area (TPSA) is 89.7 Å². The summed E-state index contributed by atoms with van der Waals surface area (Å²) in [5.41, 5.74) is -1.08. The van der Waals surface area contributed by atoms with Crippen LogP contribution in [0.4, 0.5) is 5.69 Å². The van der Waals surface area contributed by atoms with Crippen LogP contribution in [0, 0.1) is 10.1 Å². The van der Waals surface area contributed by atoms with Gasteiger partial charge in [-0.05, 0) is 31.4 Å². The molecule has 2 rings (SSSR count). The van der Waals surface area contributed by atoms with Crippen molar-refractivity contribution in [3.8, 4) is 5.75 Å². The molecule has 1 fully saturated rings. The molecular weight excluding hydrogens is 274 g/mol. The predicted octanol–water partition coefficient (Wildman–Crippen LogP) is 3.02. The van der Waals surface area contributed by atoms with Crippen molar-refractivity contribution >= 4 is 23.3 Å². The average Bonchev–Trinajstić information content (AvgIpc) is 2.27. The molecule has 0 aliphatic heterocycles. The normalized spacial score (nSPS) is 16.5. The highest BCUT2D eigenvalue weighted by atomic mass is 35.5. The molecule has 1 saturated carbocycles. The number of nitro benzene ring substituents is 1. The number of aliphatic carboxylic acids is 1. The standard InChI is InChI=1S/C12H12ClNO5/c13-8-2-3-10(9(6-8)14(17)18)19-12(4-1-5-12)7-11(15)16/h2-3,6H,1,4-5,7H2,(H,15,16). The molecule has 7 heteroatoms. The van der Waals surface area contributed by atoms with Gasteiger partial charge in [-0.3, -0.25) is 14.9 Å². The largest absolute Gasteiger partial charge is 0.481 e. The van der Waals surface area contributed by atoms with Gasteiger partial charge < -0.3 is 9.84 Å². The number of hydrogen-bond donors (Lipinski definition) is 1. The van der Waals surface area contributed by atoms with E-state index in [9.17, 15) is 14.9 Å². The Hall–Kier alpha value is -1.82. The Morgan fingerprint density at radius 2 is 2.21 bits per heavy atom. The van der Waals surface area contributed by atoms with Gasteiger partial charge in [0.15, 0.2) is 5.75 Å². The van der Waals surface area contributed by atoms with E-state index < -0.39 is 16.5 Å². The van der Waals surface area contributed by atoms with Crippen molar-refractivity contribution in [1.82, 2.24) is 0 Å². The molecule has 0 unspecified atom stereocenters. The molecule has 0 heterocycles. The Kier molecular flexibility index (Phi) is 3.61. The molecule has 0 atom stereocenters. The summed E-state index contributed by atoms with van der Waals surface area (Å²) in [5, 5.41) is 20.1. The van der Waals surface area contributed by atoms with Crippen LogP contribution in [-0.4, -0.2) is 21.6 Å². The van der Waals surface area contributed by atoms with E-state index in [0.717, 1.165) is 6.42 Å². The monoisotopic (exact) mass is 285 g/mol. The molecule has 0 spiro atoms. The van der Waals surface area contributed by atoms with Gasteiger partial charge >= 0.3 is 11.7 Å². The lowest BCUT2D eigenvalue weighted by atomic mass is 9.77. The second-order valence-electron chi connectivity index (χ2n) is 4.58. The minimum Gasteiger partial charge on any atom is -0.481 e. The fraction of sp³-hybridized carbons (Fsp3) is 0.417. The second kappa shape index (κ2) is 5.05. The van der Waals surface area contributed by atoms with Gasteiger partial charge in [0, 0.05) is 11.1 Å². The molecule has 0 radical (unpaired) electrons. The number of halogens is 1. The van der Waals surface area contributed by atoms with Gasteiger partial charge in [0.05, 0.1) is 11.3 Å². The van der Waals surface area contributed by atoms with E-state index in [1.165, 1.54) is 18.2 Å². The molecule has 1 aliphatic carbocycles. The maximum atomic E-state index is 10.9. The van der Waals surface area contributed by atoms with E-state index in [2.05, 4.69) is 0 Å². The predicted molar refractivity (Wildman–Crippen MR) is 67.6 cm³/mol. The second-order valence-corrected chi connectivity index (χ2v) is 5.01. The number of hydrogen-bond acceptors (Lipinski definition) is 4. The van der Waals surface area contributed by atoms with Gasteiger partial charge in [-0.25, -0.2) is 0 Å². The van der Waals surface area contributed by atoms with Crippen molar-refractivity contribution in [2.24, 2.45) is 0 Å². The lowest BCUT2D eigenvalue weighted by Crippen LogP contribution is -2.45. The van der Waals surface area contributed by atoms with Crippen LogP contribution in [0.5, 0.6) is 5.75 Å². The van der Waals surface area contributed by atoms with E-state index in [0.29, 0.717) is 12.8 Å². The van der Waals surface area contributed by atoms with Crippen LogP contribution < -0.4 is 4.74 Å². The first kappa shape index (κ1) is 13.6. The summed E-state index contributed by atoms with van der Waals surface area (Å²) < 4.78 is 5.62. The highest BCUT2D eigenvalue weighted by molar-refractivity contribution is 6.30. The molecule has 0 aromatic heterocycles. The fourth-order valence-corrected chi connectivity index (χ4v) is 2.28. The third-order valence-corrected chi connectivity index (χ3v) is 3.42. The van der Waals surface area contributed by atoms with E-state index >= 15 is 0 Å². The summed E-state index contributed by atoms with van der Waals surface area (Å²) in [4.78, 5) is 21.2. The maximum absolute atomic E-state index is 10.9. The van der Waals surface area contributed by atoms with Crippen molar-refractivity contribution < 1.29 is 19.6 Å². The van der Waals surface area contributed by atoms with Gasteiger partial charge in [-0.1, -0.05) is 11.6 Å². The highest BCUT2D eigenvalue weighted by Crippen LogP contribution is 2.42. The Balaban J connectivity index is 2.27. The molecule has 1 aromatic rings. The Labute approximate surface area is 114 Å². The summed E-state index contributed by atoms with van der Waals surface area (Å²) >= 11 is 5.71. The van der Waals surface area contributed by atoms with Crippen LogP contribution in [0.25, 0.3) is 0 Å². The first-order valence-electron chi connectivity index (χ1n) is 5.77. The number of rotatable bonds is 5. The number of ether oxygens (including phenoxy) is 1. The third-order valence-electron chi connectivity index (χ3n) is 3.18. The lowest BCUT2D eigenvalue weighted by molar-refractivity contribution is -0.386. The van der Waals surface area contributed by atoms with E-state index in [-0.39, 0.29) is 22.9 Å². The average molecular weight is 286 g/mol. The van der Waals surface area contributed by atoms with Crippen molar-refractivity contribution in [1.29, 1.82) is 0 Å². The maximum Gasteiger partial charge on any atom is 0.312 e. The number of carboxylic acids is 1. The molecule has 1 N–H and O–H groups in total. The van der Waals surface area contributed by atoms with Crippen LogP contribution in [0.1, 0.15) is 25.7 Å². The molecular formula is C12H12ClNO5. The van der Waals surface area contributed by atoms with Crippen LogP contribution in [0.15, 0.2) is 18.2 Å². The lowest BCUT2D eigenvalue weighted by Gasteiger charge is -2.40. The Bertz CT molecular complexity index is 527.